The van der Waals surface area contributed by atoms with E-state index < -0.39 is 11.0 Å². The molecule has 0 fully saturated rings. The Morgan fingerprint density at radius 3 is 2.06 bits per heavy atom. The topological polar surface area (TPSA) is 20.2 Å². The van der Waals surface area contributed by atoms with Gasteiger partial charge >= 0.3 is 0 Å². The average Bonchev–Trinajstić information content (AvgIpc) is 2.14. The molecule has 1 N–H and O–H groups in total. The summed E-state index contributed by atoms with van der Waals surface area (Å²) in [5, 5.41) is 10.2. The van der Waals surface area contributed by atoms with Crippen LogP contribution in [0.3, 0.4) is 0 Å². The van der Waals surface area contributed by atoms with Gasteiger partial charge in [-0.1, -0.05) is 47.8 Å². The number of hydrogen-bond acceptors (Lipinski definition) is 1. The smallest absolute Gasteiger partial charge is 0.0836 e. The summed E-state index contributed by atoms with van der Waals surface area (Å²) in [5.41, 5.74) is 0. The van der Waals surface area contributed by atoms with E-state index in [0.717, 1.165) is 0 Å². The van der Waals surface area contributed by atoms with Crippen LogP contribution in [0.2, 0.25) is 0 Å². The van der Waals surface area contributed by atoms with Crippen LogP contribution in [0, 0.1) is 0 Å². The van der Waals surface area contributed by atoms with Gasteiger partial charge in [-0.15, -0.1) is 23.2 Å². The molecule has 0 aromatic heterocycles. The Labute approximate surface area is 133 Å². The quantitative estimate of drug-likeness (QED) is 0.567. The van der Waals surface area contributed by atoms with Crippen LogP contribution >= 0.6 is 71.0 Å². The lowest BCUT2D eigenvalue weighted by atomic mass is 9.94. The Balaban J connectivity index is 4.52. The number of rotatable bonds is 6. The van der Waals surface area contributed by atoms with Gasteiger partial charge in [0.1, 0.15) is 0 Å². The van der Waals surface area contributed by atoms with Crippen LogP contribution in [0.4, 0.5) is 0 Å². The van der Waals surface area contributed by atoms with Gasteiger partial charge in [0.2, 0.25) is 0 Å². The summed E-state index contributed by atoms with van der Waals surface area (Å²) in [6, 6.07) is 0. The van der Waals surface area contributed by atoms with E-state index in [1.165, 1.54) is 0 Å². The highest BCUT2D eigenvalue weighted by molar-refractivity contribution is 9.10. The van der Waals surface area contributed by atoms with Gasteiger partial charge in [0.15, 0.2) is 0 Å². The first-order valence-electron chi connectivity index (χ1n) is 4.93. The van der Waals surface area contributed by atoms with E-state index in [1.807, 2.05) is 20.8 Å². The summed E-state index contributed by atoms with van der Waals surface area (Å²) >= 11 is 22.9. The standard InChI is InChI=1S/C10H17Br3Cl2O/c1-9(2,13)7(14)4-6(12)10(3,15)8(16)5-11/h6-8,16H,4-5H2,1-3H3/t6-,7-,8+,10-/m1/s1. The lowest BCUT2D eigenvalue weighted by Gasteiger charge is -2.35. The second kappa shape index (κ2) is 6.95. The van der Waals surface area contributed by atoms with Crippen molar-refractivity contribution < 1.29 is 5.11 Å². The van der Waals surface area contributed by atoms with Crippen LogP contribution in [0.15, 0.2) is 0 Å². The fourth-order valence-corrected chi connectivity index (χ4v) is 3.34. The summed E-state index contributed by atoms with van der Waals surface area (Å²) in [6.45, 7) is 5.83. The molecule has 0 aromatic rings. The van der Waals surface area contributed by atoms with Crippen LogP contribution < -0.4 is 0 Å². The van der Waals surface area contributed by atoms with E-state index >= 15 is 0 Å². The summed E-state index contributed by atoms with van der Waals surface area (Å²) in [7, 11) is 0. The van der Waals surface area contributed by atoms with Crippen LogP contribution in [0.1, 0.15) is 27.2 Å². The largest absolute Gasteiger partial charge is 0.390 e. The molecule has 16 heavy (non-hydrogen) atoms. The number of hydrogen-bond donors (Lipinski definition) is 1. The summed E-state index contributed by atoms with van der Waals surface area (Å²) in [6.07, 6.45) is 0.0463. The Kier molecular flexibility index (Phi) is 7.81. The number of halogens is 5. The molecule has 6 heteroatoms. The van der Waals surface area contributed by atoms with Crippen molar-refractivity contribution >= 4 is 71.0 Å². The van der Waals surface area contributed by atoms with Gasteiger partial charge in [-0.3, -0.25) is 0 Å². The monoisotopic (exact) mass is 460 g/mol. The average molecular weight is 464 g/mol. The van der Waals surface area contributed by atoms with Gasteiger partial charge in [-0.2, -0.15) is 0 Å². The zero-order valence-corrected chi connectivity index (χ0v) is 15.8. The van der Waals surface area contributed by atoms with Gasteiger partial charge in [-0.05, 0) is 27.2 Å². The molecule has 1 nitrogen and oxygen atoms in total. The van der Waals surface area contributed by atoms with Crippen molar-refractivity contribution in [3.63, 3.8) is 0 Å². The minimum absolute atomic E-state index is 0.0615. The summed E-state index contributed by atoms with van der Waals surface area (Å²) < 4.78 is -0.160. The lowest BCUT2D eigenvalue weighted by Crippen LogP contribution is -2.45. The highest BCUT2D eigenvalue weighted by atomic mass is 79.9. The van der Waals surface area contributed by atoms with E-state index in [1.54, 1.807) is 0 Å². The zero-order valence-electron chi connectivity index (χ0n) is 9.48. The number of aliphatic hydroxyl groups excluding tert-OH is 1. The Bertz CT molecular complexity index is 219. The molecule has 0 rings (SSSR count). The van der Waals surface area contributed by atoms with Gasteiger partial charge in [0.25, 0.3) is 0 Å². The van der Waals surface area contributed by atoms with Crippen molar-refractivity contribution in [3.8, 4) is 0 Å². The number of alkyl halides is 5. The molecule has 0 spiro atoms. The molecule has 0 aromatic carbocycles. The first-order chi connectivity index (χ1) is 7.03. The molecule has 0 saturated heterocycles. The van der Waals surface area contributed by atoms with Crippen LogP contribution in [-0.2, 0) is 0 Å². The third-order valence-corrected chi connectivity index (χ3v) is 6.83. The molecule has 0 amide bonds. The lowest BCUT2D eigenvalue weighted by molar-refractivity contribution is 0.153. The van der Waals surface area contributed by atoms with Crippen molar-refractivity contribution in [2.75, 3.05) is 5.33 Å². The maximum Gasteiger partial charge on any atom is 0.0836 e. The van der Waals surface area contributed by atoms with Crippen molar-refractivity contribution in [3.05, 3.63) is 0 Å². The highest BCUT2D eigenvalue weighted by Crippen LogP contribution is 2.38. The van der Waals surface area contributed by atoms with E-state index in [9.17, 15) is 5.11 Å². The third kappa shape index (κ3) is 5.31. The molecule has 0 aliphatic heterocycles. The Hall–Kier alpha value is 1.98. The fourth-order valence-electron chi connectivity index (χ4n) is 1.05. The molecule has 0 radical (unpaired) electrons. The Morgan fingerprint density at radius 1 is 1.31 bits per heavy atom. The molecule has 0 unspecified atom stereocenters. The molecule has 98 valence electrons. The van der Waals surface area contributed by atoms with Gasteiger partial charge in [0.05, 0.1) is 11.0 Å². The third-order valence-electron chi connectivity index (χ3n) is 2.57. The number of aliphatic hydroxyl groups is 1. The maximum atomic E-state index is 9.81. The van der Waals surface area contributed by atoms with Gasteiger partial charge < -0.3 is 5.11 Å². The molecular formula is C10H17Br3Cl2O. The fraction of sp³-hybridized carbons (Fsp3) is 1.00. The normalized spacial score (nSPS) is 22.3. The highest BCUT2D eigenvalue weighted by Gasteiger charge is 2.40. The summed E-state index contributed by atoms with van der Waals surface area (Å²) in [4.78, 5) is -0.803. The second-order valence-electron chi connectivity index (χ2n) is 4.56. The van der Waals surface area contributed by atoms with Crippen molar-refractivity contribution in [2.24, 2.45) is 0 Å². The van der Waals surface area contributed by atoms with E-state index in [4.69, 9.17) is 23.2 Å². The molecule has 0 heterocycles. The van der Waals surface area contributed by atoms with Crippen LogP contribution in [-0.4, -0.2) is 35.9 Å². The van der Waals surface area contributed by atoms with Crippen LogP contribution in [0.5, 0.6) is 0 Å². The van der Waals surface area contributed by atoms with Crippen LogP contribution in [0.25, 0.3) is 0 Å². The predicted octanol–water partition coefficient (Wildman–Crippen LogP) is 4.67. The van der Waals surface area contributed by atoms with Crippen molar-refractivity contribution in [1.82, 2.24) is 0 Å². The first-order valence-corrected chi connectivity index (χ1v) is 8.58. The maximum absolute atomic E-state index is 9.81. The predicted molar refractivity (Wildman–Crippen MR) is 84.0 cm³/mol. The Morgan fingerprint density at radius 2 is 1.75 bits per heavy atom. The molecule has 0 saturated carbocycles. The van der Waals surface area contributed by atoms with E-state index in [2.05, 4.69) is 47.8 Å². The van der Waals surface area contributed by atoms with E-state index in [0.29, 0.717) is 11.8 Å². The molecule has 0 aliphatic rings. The van der Waals surface area contributed by atoms with Crippen molar-refractivity contribution in [2.45, 2.75) is 52.7 Å². The molecular weight excluding hydrogens is 447 g/mol. The van der Waals surface area contributed by atoms with Gasteiger partial charge in [-0.25, -0.2) is 0 Å². The zero-order chi connectivity index (χ0) is 13.1. The molecule has 4 atom stereocenters. The SMILES string of the molecule is CC(C)(Br)[C@H](Cl)C[C@@H](Br)[C@@](C)(Cl)[C@@H](O)CBr. The van der Waals surface area contributed by atoms with Crippen molar-refractivity contribution in [1.29, 1.82) is 0 Å². The first kappa shape index (κ1) is 18.0. The molecule has 0 aliphatic carbocycles. The second-order valence-corrected chi connectivity index (χ2v) is 9.69. The minimum atomic E-state index is -0.741. The summed E-state index contributed by atoms with van der Waals surface area (Å²) in [5.74, 6) is 0. The minimum Gasteiger partial charge on any atom is -0.390 e. The van der Waals surface area contributed by atoms with Gasteiger partial charge in [0, 0.05) is 19.9 Å². The van der Waals surface area contributed by atoms with E-state index in [-0.39, 0.29) is 14.5 Å². The molecule has 0 bridgehead atoms.